The van der Waals surface area contributed by atoms with Crippen LogP contribution in [0, 0.1) is 15.3 Å². The van der Waals surface area contributed by atoms with Crippen molar-refractivity contribution in [3.05, 3.63) is 33.1 Å². The zero-order valence-electron chi connectivity index (χ0n) is 10.7. The Hall–Kier alpha value is -0.400. The molecule has 6 heteroatoms. The molecular formula is C13H17ClFIN2O. The van der Waals surface area contributed by atoms with Crippen LogP contribution in [0.1, 0.15) is 16.8 Å². The number of carbonyl (C=O) groups excluding carboxylic acids is 1. The molecule has 1 saturated heterocycles. The molecule has 1 aliphatic heterocycles. The molecule has 1 aromatic rings. The lowest BCUT2D eigenvalue weighted by Gasteiger charge is -2.17. The molecule has 2 rings (SSSR count). The van der Waals surface area contributed by atoms with Gasteiger partial charge in [-0.25, -0.2) is 4.39 Å². The Morgan fingerprint density at radius 3 is 2.95 bits per heavy atom. The second-order valence-electron chi connectivity index (χ2n) is 4.56. The van der Waals surface area contributed by atoms with E-state index in [0.29, 0.717) is 16.0 Å². The van der Waals surface area contributed by atoms with E-state index in [-0.39, 0.29) is 23.9 Å². The lowest BCUT2D eigenvalue weighted by molar-refractivity contribution is 0.0781. The predicted octanol–water partition coefficient (Wildman–Crippen LogP) is 2.53. The first-order chi connectivity index (χ1) is 8.63. The topological polar surface area (TPSA) is 32.3 Å². The Kier molecular flexibility index (Phi) is 6.49. The fourth-order valence-corrected chi connectivity index (χ4v) is 3.03. The first kappa shape index (κ1) is 16.7. The fraction of sp³-hybridized carbons (Fsp3) is 0.462. The van der Waals surface area contributed by atoms with Crippen LogP contribution in [0.5, 0.6) is 0 Å². The van der Waals surface area contributed by atoms with Crippen molar-refractivity contribution in [2.24, 2.45) is 5.92 Å². The third kappa shape index (κ3) is 3.79. The molecule has 106 valence electrons. The summed E-state index contributed by atoms with van der Waals surface area (Å²) in [5.41, 5.74) is 0.211. The van der Waals surface area contributed by atoms with E-state index in [1.54, 1.807) is 17.0 Å². The summed E-state index contributed by atoms with van der Waals surface area (Å²) >= 11 is 2.01. The lowest BCUT2D eigenvalue weighted by atomic mass is 10.1. The Bertz CT molecular complexity index is 438. The summed E-state index contributed by atoms with van der Waals surface area (Å²) in [5.74, 6) is -0.136. The third-order valence-corrected chi connectivity index (χ3v) is 4.14. The largest absolute Gasteiger partial charge is 0.338 e. The van der Waals surface area contributed by atoms with Gasteiger partial charge in [-0.1, -0.05) is 6.07 Å². The average molecular weight is 399 g/mol. The molecule has 0 bridgehead atoms. The molecule has 1 aromatic carbocycles. The summed E-state index contributed by atoms with van der Waals surface area (Å²) in [6, 6.07) is 4.73. The molecule has 1 aliphatic rings. The molecule has 0 aromatic heterocycles. The van der Waals surface area contributed by atoms with Gasteiger partial charge in [-0.15, -0.1) is 12.4 Å². The molecule has 1 N–H and O–H groups in total. The normalized spacial score (nSPS) is 18.3. The molecule has 0 aliphatic carbocycles. The zero-order valence-corrected chi connectivity index (χ0v) is 13.6. The molecule has 1 heterocycles. The summed E-state index contributed by atoms with van der Waals surface area (Å²) in [6.07, 6.45) is 0.984. The second-order valence-corrected chi connectivity index (χ2v) is 5.72. The number of likely N-dealkylation sites (tertiary alicyclic amines) is 1. The molecule has 1 unspecified atom stereocenters. The van der Waals surface area contributed by atoms with Gasteiger partial charge >= 0.3 is 0 Å². The van der Waals surface area contributed by atoms with E-state index >= 15 is 0 Å². The molecular weight excluding hydrogens is 382 g/mol. The average Bonchev–Trinajstić information content (AvgIpc) is 2.78. The zero-order chi connectivity index (χ0) is 13.1. The van der Waals surface area contributed by atoms with Crippen molar-refractivity contribution in [3.63, 3.8) is 0 Å². The van der Waals surface area contributed by atoms with E-state index in [0.717, 1.165) is 19.5 Å². The van der Waals surface area contributed by atoms with Gasteiger partial charge in [0.15, 0.2) is 0 Å². The number of nitrogens with one attached hydrogen (secondary N) is 1. The molecule has 3 nitrogen and oxygen atoms in total. The number of hydrogen-bond acceptors (Lipinski definition) is 2. The molecule has 1 fully saturated rings. The van der Waals surface area contributed by atoms with Gasteiger partial charge in [0.2, 0.25) is 0 Å². The SMILES string of the molecule is CNCC1CCN(C(=O)c2c(F)cccc2I)C1.Cl. The maximum atomic E-state index is 13.7. The number of carbonyl (C=O) groups is 1. The first-order valence-corrected chi connectivity index (χ1v) is 7.09. The molecule has 19 heavy (non-hydrogen) atoms. The van der Waals surface area contributed by atoms with Crippen molar-refractivity contribution < 1.29 is 9.18 Å². The van der Waals surface area contributed by atoms with Crippen LogP contribution in [0.2, 0.25) is 0 Å². The lowest BCUT2D eigenvalue weighted by Crippen LogP contribution is -2.31. The second kappa shape index (κ2) is 7.40. The number of benzene rings is 1. The van der Waals surface area contributed by atoms with Gasteiger partial charge in [-0.3, -0.25) is 4.79 Å². The first-order valence-electron chi connectivity index (χ1n) is 6.01. The monoisotopic (exact) mass is 398 g/mol. The quantitative estimate of drug-likeness (QED) is 0.794. The van der Waals surface area contributed by atoms with Crippen LogP contribution in [0.25, 0.3) is 0 Å². The van der Waals surface area contributed by atoms with Gasteiger partial charge in [0.1, 0.15) is 5.82 Å². The molecule has 1 atom stereocenters. The Morgan fingerprint density at radius 2 is 2.32 bits per heavy atom. The van der Waals surface area contributed by atoms with Gasteiger partial charge in [0, 0.05) is 16.7 Å². The highest BCUT2D eigenvalue weighted by Crippen LogP contribution is 2.22. The van der Waals surface area contributed by atoms with Crippen molar-refractivity contribution in [3.8, 4) is 0 Å². The van der Waals surface area contributed by atoms with E-state index in [4.69, 9.17) is 0 Å². The fourth-order valence-electron chi connectivity index (χ4n) is 2.33. The van der Waals surface area contributed by atoms with Gasteiger partial charge in [-0.05, 0) is 60.7 Å². The maximum Gasteiger partial charge on any atom is 0.257 e. The van der Waals surface area contributed by atoms with Gasteiger partial charge in [0.25, 0.3) is 5.91 Å². The minimum atomic E-state index is -0.427. The predicted molar refractivity (Wildman–Crippen MR) is 84.3 cm³/mol. The summed E-state index contributed by atoms with van der Waals surface area (Å²) < 4.78 is 14.4. The number of nitrogens with zero attached hydrogens (tertiary/aromatic N) is 1. The van der Waals surface area contributed by atoms with E-state index < -0.39 is 5.82 Å². The highest BCUT2D eigenvalue weighted by molar-refractivity contribution is 14.1. The van der Waals surface area contributed by atoms with Gasteiger partial charge in [-0.2, -0.15) is 0 Å². The van der Waals surface area contributed by atoms with Crippen molar-refractivity contribution in [1.82, 2.24) is 10.2 Å². The smallest absolute Gasteiger partial charge is 0.257 e. The van der Waals surface area contributed by atoms with Crippen molar-refractivity contribution in [2.45, 2.75) is 6.42 Å². The summed E-state index contributed by atoms with van der Waals surface area (Å²) in [5, 5.41) is 3.12. The molecule has 0 spiro atoms. The van der Waals surface area contributed by atoms with Crippen molar-refractivity contribution >= 4 is 40.9 Å². The molecule has 1 amide bonds. The summed E-state index contributed by atoms with van der Waals surface area (Å²) in [6.45, 7) is 2.33. The third-order valence-electron chi connectivity index (χ3n) is 3.24. The van der Waals surface area contributed by atoms with E-state index in [2.05, 4.69) is 5.32 Å². The molecule has 0 saturated carbocycles. The highest BCUT2D eigenvalue weighted by atomic mass is 127. The number of hydrogen-bond donors (Lipinski definition) is 1. The van der Waals surface area contributed by atoms with Crippen LogP contribution in [0.3, 0.4) is 0 Å². The van der Waals surface area contributed by atoms with Crippen LogP contribution < -0.4 is 5.32 Å². The van der Waals surface area contributed by atoms with Crippen LogP contribution in [0.4, 0.5) is 4.39 Å². The number of rotatable bonds is 3. The van der Waals surface area contributed by atoms with E-state index in [9.17, 15) is 9.18 Å². The minimum Gasteiger partial charge on any atom is -0.338 e. The van der Waals surface area contributed by atoms with Gasteiger partial charge < -0.3 is 10.2 Å². The summed E-state index contributed by atoms with van der Waals surface area (Å²) in [4.78, 5) is 14.1. The van der Waals surface area contributed by atoms with Crippen LogP contribution in [-0.2, 0) is 0 Å². The maximum absolute atomic E-state index is 13.7. The van der Waals surface area contributed by atoms with Crippen LogP contribution >= 0.6 is 35.0 Å². The standard InChI is InChI=1S/C13H16FIN2O.ClH/c1-16-7-9-5-6-17(8-9)13(18)12-10(14)3-2-4-11(12)15;/h2-4,9,16H,5-8H2,1H3;1H. The highest BCUT2D eigenvalue weighted by Gasteiger charge is 2.28. The van der Waals surface area contributed by atoms with Gasteiger partial charge in [0.05, 0.1) is 5.56 Å². The van der Waals surface area contributed by atoms with Crippen LogP contribution in [-0.4, -0.2) is 37.5 Å². The van der Waals surface area contributed by atoms with E-state index in [1.165, 1.54) is 6.07 Å². The minimum absolute atomic E-state index is 0. The molecule has 0 radical (unpaired) electrons. The summed E-state index contributed by atoms with van der Waals surface area (Å²) in [7, 11) is 1.91. The Labute approximate surface area is 132 Å². The van der Waals surface area contributed by atoms with E-state index in [1.807, 2.05) is 29.6 Å². The van der Waals surface area contributed by atoms with Crippen molar-refractivity contribution in [2.75, 3.05) is 26.7 Å². The number of amides is 1. The van der Waals surface area contributed by atoms with Crippen molar-refractivity contribution in [1.29, 1.82) is 0 Å². The Balaban J connectivity index is 0.00000180. The Morgan fingerprint density at radius 1 is 1.58 bits per heavy atom. The number of halogens is 3. The van der Waals surface area contributed by atoms with Crippen LogP contribution in [0.15, 0.2) is 18.2 Å².